The highest BCUT2D eigenvalue weighted by molar-refractivity contribution is 6.30. The molecule has 3 nitrogen and oxygen atoms in total. The van der Waals surface area contributed by atoms with Gasteiger partial charge in [-0.25, -0.2) is 5.41 Å². The van der Waals surface area contributed by atoms with Crippen molar-refractivity contribution in [2.24, 2.45) is 0 Å². The summed E-state index contributed by atoms with van der Waals surface area (Å²) in [4.78, 5) is 13.2. The molecule has 4 aromatic rings. The zero-order chi connectivity index (χ0) is 19.5. The number of ketones is 1. The highest BCUT2D eigenvalue weighted by Gasteiger charge is 2.23. The van der Waals surface area contributed by atoms with Crippen molar-refractivity contribution < 1.29 is 14.6 Å². The Morgan fingerprint density at radius 2 is 1.39 bits per heavy atom. The molecule has 1 aromatic heterocycles. The number of rotatable bonds is 4. The summed E-state index contributed by atoms with van der Waals surface area (Å²) in [7, 11) is 0. The van der Waals surface area contributed by atoms with Gasteiger partial charge in [-0.1, -0.05) is 84.4 Å². The van der Waals surface area contributed by atoms with Crippen LogP contribution in [0, 0.1) is 0 Å². The summed E-state index contributed by atoms with van der Waals surface area (Å²) in [5.74, 6) is 0.402. The van der Waals surface area contributed by atoms with Crippen LogP contribution in [0.5, 0.6) is 0 Å². The van der Waals surface area contributed by atoms with Gasteiger partial charge in [-0.3, -0.25) is 4.79 Å². The normalized spacial score (nSPS) is 10.6. The lowest BCUT2D eigenvalue weighted by atomic mass is 9.94. The first-order valence-corrected chi connectivity index (χ1v) is 9.19. The first-order chi connectivity index (χ1) is 13.6. The van der Waals surface area contributed by atoms with Crippen molar-refractivity contribution in [3.63, 3.8) is 0 Å². The summed E-state index contributed by atoms with van der Waals surface area (Å²) in [5, 5.41) is 6.87. The molecule has 0 bridgehead atoms. The van der Waals surface area contributed by atoms with Crippen molar-refractivity contribution in [3.05, 3.63) is 113 Å². The van der Waals surface area contributed by atoms with E-state index in [1.165, 1.54) is 0 Å². The molecule has 4 rings (SSSR count). The maximum atomic E-state index is 13.2. The number of carbonyl (C=O) groups is 1. The number of nitrogens with two attached hydrogens (primary N) is 1. The van der Waals surface area contributed by atoms with E-state index in [4.69, 9.17) is 21.4 Å². The zero-order valence-electron chi connectivity index (χ0n) is 14.9. The first-order valence-electron chi connectivity index (χ1n) is 8.81. The Bertz CT molecular complexity index is 1180. The second-order valence-corrected chi connectivity index (χ2v) is 6.77. The van der Waals surface area contributed by atoms with Gasteiger partial charge in [0.25, 0.3) is 0 Å². The van der Waals surface area contributed by atoms with Crippen LogP contribution in [-0.2, 0) is 0 Å². The number of hydrogen-bond donors (Lipinski definition) is 1. The smallest absolute Gasteiger partial charge is 0.376 e. The average Bonchev–Trinajstić information content (AvgIpc) is 2.74. The van der Waals surface area contributed by atoms with E-state index in [1.54, 1.807) is 24.3 Å². The third kappa shape index (κ3) is 3.53. The minimum absolute atomic E-state index is 0.0835. The molecule has 0 saturated carbocycles. The fourth-order valence-corrected chi connectivity index (χ4v) is 3.23. The van der Waals surface area contributed by atoms with Crippen LogP contribution in [0.2, 0.25) is 5.02 Å². The van der Waals surface area contributed by atoms with Gasteiger partial charge in [0.1, 0.15) is 11.3 Å². The molecule has 0 aliphatic rings. The van der Waals surface area contributed by atoms with E-state index in [-0.39, 0.29) is 11.3 Å². The molecule has 0 spiro atoms. The summed E-state index contributed by atoms with van der Waals surface area (Å²) < 4.78 is 5.85. The fraction of sp³-hybridized carbons (Fsp3) is 0. The van der Waals surface area contributed by atoms with E-state index >= 15 is 0 Å². The minimum Gasteiger partial charge on any atom is -0.404 e. The molecule has 0 radical (unpaired) electrons. The third-order valence-electron chi connectivity index (χ3n) is 4.49. The maximum absolute atomic E-state index is 13.2. The maximum Gasteiger partial charge on any atom is 0.376 e. The van der Waals surface area contributed by atoms with Crippen molar-refractivity contribution in [1.82, 2.24) is 0 Å². The largest absolute Gasteiger partial charge is 0.404 e. The molecule has 28 heavy (non-hydrogen) atoms. The fourth-order valence-electron chi connectivity index (χ4n) is 3.10. The predicted molar refractivity (Wildman–Crippen MR) is 110 cm³/mol. The van der Waals surface area contributed by atoms with E-state index in [0.717, 1.165) is 11.1 Å². The SMILES string of the molecule is [NH2+]=c1oc(-c2ccccc2)cc(-c2ccc(Cl)cc2)c1C(=O)c1ccccc1. The van der Waals surface area contributed by atoms with E-state index in [2.05, 4.69) is 0 Å². The third-order valence-corrected chi connectivity index (χ3v) is 4.74. The molecule has 0 aliphatic heterocycles. The monoisotopic (exact) mass is 386 g/mol. The van der Waals surface area contributed by atoms with Gasteiger partial charge in [-0.2, -0.15) is 0 Å². The number of benzene rings is 3. The van der Waals surface area contributed by atoms with Gasteiger partial charge >= 0.3 is 5.55 Å². The molecule has 1 heterocycles. The molecule has 0 fully saturated rings. The molecule has 0 atom stereocenters. The van der Waals surface area contributed by atoms with Gasteiger partial charge in [-0.05, 0) is 23.8 Å². The van der Waals surface area contributed by atoms with Gasteiger partial charge in [0.05, 0.1) is 0 Å². The molecular formula is C24H17ClNO2+. The number of carbonyl (C=O) groups excluding carboxylic acids is 1. The molecule has 136 valence electrons. The van der Waals surface area contributed by atoms with Gasteiger partial charge in [-0.15, -0.1) is 0 Å². The summed E-state index contributed by atoms with van der Waals surface area (Å²) in [5.41, 5.74) is 3.39. The quantitative estimate of drug-likeness (QED) is 0.535. The lowest BCUT2D eigenvalue weighted by Crippen LogP contribution is -2.48. The van der Waals surface area contributed by atoms with Crippen molar-refractivity contribution >= 4 is 17.4 Å². The van der Waals surface area contributed by atoms with Gasteiger partial charge < -0.3 is 4.42 Å². The van der Waals surface area contributed by atoms with Crippen LogP contribution < -0.4 is 11.0 Å². The van der Waals surface area contributed by atoms with Crippen molar-refractivity contribution in [2.45, 2.75) is 0 Å². The second kappa shape index (κ2) is 7.67. The van der Waals surface area contributed by atoms with E-state index in [9.17, 15) is 4.79 Å². The Kier molecular flexibility index (Phi) is 4.92. The highest BCUT2D eigenvalue weighted by atomic mass is 35.5. The predicted octanol–water partition coefficient (Wildman–Crippen LogP) is 4.16. The minimum atomic E-state index is -0.189. The van der Waals surface area contributed by atoms with Crippen LogP contribution in [0.25, 0.3) is 22.5 Å². The summed E-state index contributed by atoms with van der Waals surface area (Å²) in [6.07, 6.45) is 0. The first kappa shape index (κ1) is 18.0. The van der Waals surface area contributed by atoms with Gasteiger partial charge in [0.2, 0.25) is 5.78 Å². The van der Waals surface area contributed by atoms with E-state index in [1.807, 2.05) is 66.7 Å². The zero-order valence-corrected chi connectivity index (χ0v) is 15.7. The number of halogens is 1. The van der Waals surface area contributed by atoms with Crippen LogP contribution >= 0.6 is 11.6 Å². The van der Waals surface area contributed by atoms with Crippen molar-refractivity contribution in [1.29, 1.82) is 0 Å². The molecule has 0 saturated heterocycles. The van der Waals surface area contributed by atoms with Gasteiger partial charge in [0.15, 0.2) is 0 Å². The van der Waals surface area contributed by atoms with Crippen molar-refractivity contribution in [2.75, 3.05) is 0 Å². The molecule has 4 heteroatoms. The van der Waals surface area contributed by atoms with Crippen LogP contribution in [-0.4, -0.2) is 5.78 Å². The Hall–Kier alpha value is -3.43. The molecule has 0 amide bonds. The van der Waals surface area contributed by atoms with Crippen LogP contribution in [0.1, 0.15) is 15.9 Å². The van der Waals surface area contributed by atoms with E-state index < -0.39 is 0 Å². The highest BCUT2D eigenvalue weighted by Crippen LogP contribution is 2.29. The molecule has 0 unspecified atom stereocenters. The summed E-state index contributed by atoms with van der Waals surface area (Å²) >= 11 is 6.05. The molecule has 2 N–H and O–H groups in total. The Balaban J connectivity index is 1.96. The molecule has 0 aliphatic carbocycles. The molecule has 3 aromatic carbocycles. The van der Waals surface area contributed by atoms with Gasteiger partial charge in [0, 0.05) is 21.7 Å². The Morgan fingerprint density at radius 1 is 0.786 bits per heavy atom. The summed E-state index contributed by atoms with van der Waals surface area (Å²) in [6.45, 7) is 0. The van der Waals surface area contributed by atoms with Crippen LogP contribution in [0.15, 0.2) is 95.4 Å². The van der Waals surface area contributed by atoms with Crippen molar-refractivity contribution in [3.8, 4) is 22.5 Å². The second-order valence-electron chi connectivity index (χ2n) is 6.33. The Labute approximate surface area is 167 Å². The van der Waals surface area contributed by atoms with E-state index in [0.29, 0.717) is 27.5 Å². The molecular weight excluding hydrogens is 370 g/mol. The Morgan fingerprint density at radius 3 is 2.04 bits per heavy atom. The standard InChI is InChI=1S/C24H16ClNO2/c25-19-13-11-16(12-14-19)20-15-21(17-7-3-1-4-8-17)28-24(26)22(20)23(27)18-9-5-2-6-10-18/h1-15,26H/p+1. The lowest BCUT2D eigenvalue weighted by Gasteiger charge is -2.10. The lowest BCUT2D eigenvalue weighted by molar-refractivity contribution is -0.198. The summed E-state index contributed by atoms with van der Waals surface area (Å²) in [6, 6.07) is 27.8. The average molecular weight is 387 g/mol. The van der Waals surface area contributed by atoms with Crippen LogP contribution in [0.3, 0.4) is 0 Å². The number of hydrogen-bond acceptors (Lipinski definition) is 2. The van der Waals surface area contributed by atoms with Crippen LogP contribution in [0.4, 0.5) is 0 Å². The topological polar surface area (TPSA) is 55.8 Å².